The van der Waals surface area contributed by atoms with E-state index in [2.05, 4.69) is 4.98 Å². The molecule has 0 saturated carbocycles. The predicted octanol–water partition coefficient (Wildman–Crippen LogP) is -1.65. The first-order chi connectivity index (χ1) is 10.1. The normalized spacial score (nSPS) is 21.4. The molecule has 0 aliphatic carbocycles. The minimum atomic E-state index is -1.64. The molecule has 0 N–H and O–H groups in total. The van der Waals surface area contributed by atoms with Crippen molar-refractivity contribution in [3.05, 3.63) is 29.3 Å². The van der Waals surface area contributed by atoms with Gasteiger partial charge in [0.05, 0.1) is 21.8 Å². The Balaban J connectivity index is 0.00000176. The summed E-state index contributed by atoms with van der Waals surface area (Å²) in [7, 11) is 0. The standard InChI is InChI=1S/C15H16N2O3S.Li/c1-9-2-4-12(17(7-9)14(18)15(19)20)10-3-5-13-11(6-10)16-8-21-13;/h3,5-6,8-9,12H,2,4,7H2,1H3,(H,19,20);/q;+1/p-1/t9-,12+;/m0./s1. The molecule has 1 aliphatic heterocycles. The molecular weight excluding hydrogens is 295 g/mol. The number of hydrogen-bond acceptors (Lipinski definition) is 5. The molecule has 110 valence electrons. The summed E-state index contributed by atoms with van der Waals surface area (Å²) in [6.45, 7) is 2.47. The second-order valence-electron chi connectivity index (χ2n) is 5.52. The van der Waals surface area contributed by atoms with E-state index in [0.29, 0.717) is 12.5 Å². The first-order valence-corrected chi connectivity index (χ1v) is 7.79. The van der Waals surface area contributed by atoms with E-state index in [-0.39, 0.29) is 24.9 Å². The van der Waals surface area contributed by atoms with E-state index >= 15 is 0 Å². The number of thiazole rings is 1. The summed E-state index contributed by atoms with van der Waals surface area (Å²) in [5.41, 5.74) is 3.61. The van der Waals surface area contributed by atoms with Gasteiger partial charge in [-0.1, -0.05) is 13.0 Å². The van der Waals surface area contributed by atoms with Gasteiger partial charge in [-0.25, -0.2) is 4.98 Å². The third kappa shape index (κ3) is 3.19. The first kappa shape index (κ1) is 17.0. The Hall–Kier alpha value is -1.35. The number of aliphatic carboxylic acids is 1. The zero-order valence-corrected chi connectivity index (χ0v) is 13.4. The van der Waals surface area contributed by atoms with Crippen LogP contribution in [0.5, 0.6) is 0 Å². The molecule has 0 spiro atoms. The van der Waals surface area contributed by atoms with Gasteiger partial charge < -0.3 is 14.8 Å². The van der Waals surface area contributed by atoms with Gasteiger partial charge in [-0.3, -0.25) is 4.79 Å². The minimum absolute atomic E-state index is 0. The Labute approximate surface area is 144 Å². The van der Waals surface area contributed by atoms with Gasteiger partial charge in [-0.15, -0.1) is 11.3 Å². The van der Waals surface area contributed by atoms with E-state index in [1.54, 1.807) is 16.8 Å². The van der Waals surface area contributed by atoms with Gasteiger partial charge in [0.25, 0.3) is 5.91 Å². The summed E-state index contributed by atoms with van der Waals surface area (Å²) in [5.74, 6) is -2.26. The van der Waals surface area contributed by atoms with Crippen molar-refractivity contribution in [2.75, 3.05) is 6.54 Å². The average molecular weight is 310 g/mol. The third-order valence-electron chi connectivity index (χ3n) is 3.99. The van der Waals surface area contributed by atoms with Crippen LogP contribution in [-0.4, -0.2) is 28.3 Å². The number of amides is 1. The van der Waals surface area contributed by atoms with Crippen molar-refractivity contribution in [1.29, 1.82) is 0 Å². The van der Waals surface area contributed by atoms with Gasteiger partial charge in [-0.05, 0) is 36.5 Å². The molecule has 5 nitrogen and oxygen atoms in total. The Kier molecular flexibility index (Phi) is 5.27. The van der Waals surface area contributed by atoms with E-state index < -0.39 is 11.9 Å². The number of benzene rings is 1. The van der Waals surface area contributed by atoms with Crippen LogP contribution in [0.15, 0.2) is 23.7 Å². The Morgan fingerprint density at radius 3 is 2.86 bits per heavy atom. The van der Waals surface area contributed by atoms with Crippen molar-refractivity contribution >= 4 is 33.4 Å². The molecule has 2 atom stereocenters. The number of carbonyl (C=O) groups excluding carboxylic acids is 2. The van der Waals surface area contributed by atoms with Crippen LogP contribution >= 0.6 is 11.3 Å². The van der Waals surface area contributed by atoms with Crippen LogP contribution in [0.4, 0.5) is 0 Å². The number of rotatable bonds is 1. The Morgan fingerprint density at radius 2 is 2.14 bits per heavy atom. The second kappa shape index (κ2) is 6.82. The zero-order chi connectivity index (χ0) is 15.0. The van der Waals surface area contributed by atoms with Crippen LogP contribution in [-0.2, 0) is 9.59 Å². The number of carboxylic acids is 1. The Bertz CT molecular complexity index is 703. The number of carboxylic acid groups (broad SMARTS) is 1. The molecule has 1 amide bonds. The molecule has 1 saturated heterocycles. The quantitative estimate of drug-likeness (QED) is 0.467. The monoisotopic (exact) mass is 310 g/mol. The molecule has 1 aromatic heterocycles. The van der Waals surface area contributed by atoms with Crippen LogP contribution in [0.1, 0.15) is 31.4 Å². The molecule has 2 heterocycles. The number of piperidine rings is 1. The van der Waals surface area contributed by atoms with E-state index in [4.69, 9.17) is 0 Å². The van der Waals surface area contributed by atoms with E-state index in [0.717, 1.165) is 28.6 Å². The average Bonchev–Trinajstić information content (AvgIpc) is 2.93. The van der Waals surface area contributed by atoms with Crippen LogP contribution in [0.25, 0.3) is 10.2 Å². The van der Waals surface area contributed by atoms with Gasteiger partial charge in [0, 0.05) is 6.54 Å². The molecule has 3 rings (SSSR count). The summed E-state index contributed by atoms with van der Waals surface area (Å²) in [5, 5.41) is 10.9. The van der Waals surface area contributed by atoms with Gasteiger partial charge in [0.15, 0.2) is 0 Å². The number of nitrogens with zero attached hydrogens (tertiary/aromatic N) is 2. The van der Waals surface area contributed by atoms with Crippen molar-refractivity contribution in [3.8, 4) is 0 Å². The smallest absolute Gasteiger partial charge is 0.540 e. The second-order valence-corrected chi connectivity index (χ2v) is 6.41. The Morgan fingerprint density at radius 1 is 1.36 bits per heavy atom. The zero-order valence-electron chi connectivity index (χ0n) is 12.6. The van der Waals surface area contributed by atoms with Crippen molar-refractivity contribution in [1.82, 2.24) is 9.88 Å². The molecule has 1 fully saturated rings. The summed E-state index contributed by atoms with van der Waals surface area (Å²) in [6.07, 6.45) is 1.73. The maximum atomic E-state index is 11.9. The minimum Gasteiger partial charge on any atom is -0.540 e. The number of carbonyl (C=O) groups is 2. The van der Waals surface area contributed by atoms with Crippen LogP contribution < -0.4 is 24.0 Å². The van der Waals surface area contributed by atoms with Gasteiger partial charge in [-0.2, -0.15) is 0 Å². The number of hydrogen-bond donors (Lipinski definition) is 0. The fourth-order valence-corrected chi connectivity index (χ4v) is 3.58. The molecule has 0 bridgehead atoms. The van der Waals surface area contributed by atoms with Gasteiger partial charge in [0.1, 0.15) is 5.97 Å². The fraction of sp³-hybridized carbons (Fsp3) is 0.400. The summed E-state index contributed by atoms with van der Waals surface area (Å²) < 4.78 is 1.08. The molecular formula is C15H15LiN2O3S. The van der Waals surface area contributed by atoms with Crippen molar-refractivity contribution in [2.24, 2.45) is 5.92 Å². The van der Waals surface area contributed by atoms with Gasteiger partial charge >= 0.3 is 18.9 Å². The SMILES string of the molecule is C[C@H]1CC[C@H](c2ccc3scnc3c2)N(C(=O)C(=O)[O-])C1.[Li+]. The summed E-state index contributed by atoms with van der Waals surface area (Å²) >= 11 is 1.56. The first-order valence-electron chi connectivity index (χ1n) is 6.91. The predicted molar refractivity (Wildman–Crippen MR) is 77.5 cm³/mol. The maximum absolute atomic E-state index is 11.9. The van der Waals surface area contributed by atoms with E-state index in [1.807, 2.05) is 25.1 Å². The summed E-state index contributed by atoms with van der Waals surface area (Å²) in [6, 6.07) is 5.67. The van der Waals surface area contributed by atoms with Crippen molar-refractivity contribution < 1.29 is 33.6 Å². The fourth-order valence-electron chi connectivity index (χ4n) is 2.92. The van der Waals surface area contributed by atoms with Crippen molar-refractivity contribution in [3.63, 3.8) is 0 Å². The molecule has 22 heavy (non-hydrogen) atoms. The van der Waals surface area contributed by atoms with Crippen LogP contribution in [0.3, 0.4) is 0 Å². The molecule has 7 heteroatoms. The van der Waals surface area contributed by atoms with Crippen molar-refractivity contribution in [2.45, 2.75) is 25.8 Å². The molecule has 1 aromatic carbocycles. The third-order valence-corrected chi connectivity index (χ3v) is 4.80. The number of aromatic nitrogens is 1. The molecule has 0 unspecified atom stereocenters. The van der Waals surface area contributed by atoms with Crippen LogP contribution in [0, 0.1) is 5.92 Å². The van der Waals surface area contributed by atoms with E-state index in [9.17, 15) is 14.7 Å². The maximum Gasteiger partial charge on any atom is 1.00 e. The topological polar surface area (TPSA) is 73.3 Å². The molecule has 1 aliphatic rings. The van der Waals surface area contributed by atoms with Gasteiger partial charge in [0.2, 0.25) is 0 Å². The number of likely N-dealkylation sites (tertiary alicyclic amines) is 1. The van der Waals surface area contributed by atoms with E-state index in [1.165, 1.54) is 4.90 Å². The molecule has 0 radical (unpaired) electrons. The number of fused-ring (bicyclic) bond motifs is 1. The summed E-state index contributed by atoms with van der Waals surface area (Å²) in [4.78, 5) is 28.5. The van der Waals surface area contributed by atoms with Crippen LogP contribution in [0.2, 0.25) is 0 Å². The largest absolute Gasteiger partial charge is 1.00 e. The molecule has 2 aromatic rings.